The zero-order chi connectivity index (χ0) is 20.1. The molecule has 0 spiro atoms. The standard InChI is InChI=1S/C22H27N3O3/c1-4-24(15-18-9-7-6-8-16(18)3)21(26)17-10-11-20-19(14-17)23-22(27)25(20)12-13-28-5-2/h6-11,14H,4-5,12-13,15H2,1-3H3,(H,23,27). The smallest absolute Gasteiger partial charge is 0.326 e. The molecule has 3 rings (SSSR count). The predicted octanol–water partition coefficient (Wildman–Crippen LogP) is 3.34. The van der Waals surface area contributed by atoms with Crippen LogP contribution in [0.4, 0.5) is 0 Å². The number of ether oxygens (including phenoxy) is 1. The van der Waals surface area contributed by atoms with Crippen LogP contribution in [-0.2, 0) is 17.8 Å². The molecular formula is C22H27N3O3. The number of nitrogens with zero attached hydrogens (tertiary/aromatic N) is 2. The van der Waals surface area contributed by atoms with Crippen LogP contribution in [0, 0.1) is 6.92 Å². The Labute approximate surface area is 164 Å². The number of benzene rings is 2. The van der Waals surface area contributed by atoms with Crippen LogP contribution in [0.5, 0.6) is 0 Å². The zero-order valence-electron chi connectivity index (χ0n) is 16.7. The first-order chi connectivity index (χ1) is 13.5. The maximum absolute atomic E-state index is 13.0. The lowest BCUT2D eigenvalue weighted by molar-refractivity contribution is 0.0752. The van der Waals surface area contributed by atoms with Crippen LogP contribution in [-0.4, -0.2) is 40.1 Å². The Morgan fingerprint density at radius 2 is 1.96 bits per heavy atom. The summed E-state index contributed by atoms with van der Waals surface area (Å²) in [7, 11) is 0. The highest BCUT2D eigenvalue weighted by molar-refractivity contribution is 5.97. The van der Waals surface area contributed by atoms with Gasteiger partial charge in [-0.2, -0.15) is 0 Å². The van der Waals surface area contributed by atoms with E-state index >= 15 is 0 Å². The van der Waals surface area contributed by atoms with E-state index in [9.17, 15) is 9.59 Å². The third kappa shape index (κ3) is 4.17. The second kappa shape index (κ2) is 8.89. The van der Waals surface area contributed by atoms with E-state index in [1.807, 2.05) is 43.0 Å². The third-order valence-corrected chi connectivity index (χ3v) is 4.98. The summed E-state index contributed by atoms with van der Waals surface area (Å²) in [6, 6.07) is 13.5. The number of fused-ring (bicyclic) bond motifs is 1. The minimum atomic E-state index is -0.188. The van der Waals surface area contributed by atoms with Crippen LogP contribution < -0.4 is 5.69 Å². The van der Waals surface area contributed by atoms with Crippen LogP contribution in [0.15, 0.2) is 47.3 Å². The van der Waals surface area contributed by atoms with Gasteiger partial charge in [-0.3, -0.25) is 9.36 Å². The molecule has 0 atom stereocenters. The average molecular weight is 381 g/mol. The molecule has 0 fully saturated rings. The van der Waals surface area contributed by atoms with Crippen molar-refractivity contribution in [2.45, 2.75) is 33.9 Å². The molecule has 0 aliphatic carbocycles. The highest BCUT2D eigenvalue weighted by atomic mass is 16.5. The van der Waals surface area contributed by atoms with Crippen molar-refractivity contribution in [2.75, 3.05) is 19.8 Å². The Kier molecular flexibility index (Phi) is 6.31. The van der Waals surface area contributed by atoms with Gasteiger partial charge in [0.2, 0.25) is 0 Å². The van der Waals surface area contributed by atoms with Gasteiger partial charge in [-0.05, 0) is 50.1 Å². The SMILES string of the molecule is CCOCCn1c(=O)[nH]c2cc(C(=O)N(CC)Cc3ccccc3C)ccc21. The van der Waals surface area contributed by atoms with E-state index in [2.05, 4.69) is 18.0 Å². The second-order valence-electron chi connectivity index (χ2n) is 6.76. The maximum atomic E-state index is 13.0. The average Bonchev–Trinajstić information content (AvgIpc) is 3.01. The molecule has 0 saturated carbocycles. The van der Waals surface area contributed by atoms with Crippen LogP contribution in [0.3, 0.4) is 0 Å². The highest BCUT2D eigenvalue weighted by Crippen LogP contribution is 2.17. The molecule has 6 heteroatoms. The van der Waals surface area contributed by atoms with Crippen LogP contribution in [0.2, 0.25) is 0 Å². The van der Waals surface area contributed by atoms with Crippen LogP contribution in [0.1, 0.15) is 35.3 Å². The summed E-state index contributed by atoms with van der Waals surface area (Å²) in [5.74, 6) is -0.0458. The first kappa shape index (κ1) is 19.9. The van der Waals surface area contributed by atoms with Crippen molar-refractivity contribution in [1.82, 2.24) is 14.5 Å². The Bertz CT molecular complexity index is 1020. The number of hydrogen-bond donors (Lipinski definition) is 1. The monoisotopic (exact) mass is 381 g/mol. The molecule has 1 amide bonds. The first-order valence-corrected chi connectivity index (χ1v) is 9.69. The van der Waals surface area contributed by atoms with E-state index in [1.165, 1.54) is 5.56 Å². The number of aryl methyl sites for hydroxylation is 1. The van der Waals surface area contributed by atoms with Gasteiger partial charge < -0.3 is 14.6 Å². The lowest BCUT2D eigenvalue weighted by atomic mass is 10.1. The molecule has 1 aromatic heterocycles. The van der Waals surface area contributed by atoms with Crippen LogP contribution >= 0.6 is 0 Å². The third-order valence-electron chi connectivity index (χ3n) is 4.98. The van der Waals surface area contributed by atoms with Crippen molar-refractivity contribution in [3.63, 3.8) is 0 Å². The maximum Gasteiger partial charge on any atom is 0.326 e. The fourth-order valence-electron chi connectivity index (χ4n) is 3.32. The predicted molar refractivity (Wildman–Crippen MR) is 111 cm³/mol. The number of hydrogen-bond acceptors (Lipinski definition) is 3. The largest absolute Gasteiger partial charge is 0.380 e. The fourth-order valence-corrected chi connectivity index (χ4v) is 3.32. The van der Waals surface area contributed by atoms with Gasteiger partial charge in [-0.25, -0.2) is 4.79 Å². The molecule has 6 nitrogen and oxygen atoms in total. The zero-order valence-corrected chi connectivity index (χ0v) is 16.7. The van der Waals surface area contributed by atoms with Crippen molar-refractivity contribution < 1.29 is 9.53 Å². The summed E-state index contributed by atoms with van der Waals surface area (Å²) in [5, 5.41) is 0. The van der Waals surface area contributed by atoms with Gasteiger partial charge in [-0.15, -0.1) is 0 Å². The molecule has 0 bridgehead atoms. The topological polar surface area (TPSA) is 67.3 Å². The van der Waals surface area contributed by atoms with Crippen LogP contribution in [0.25, 0.3) is 11.0 Å². The number of carbonyl (C=O) groups excluding carboxylic acids is 1. The Morgan fingerprint density at radius 1 is 1.18 bits per heavy atom. The van der Waals surface area contributed by atoms with Crippen molar-refractivity contribution >= 4 is 16.9 Å². The van der Waals surface area contributed by atoms with Crippen molar-refractivity contribution in [3.05, 3.63) is 69.6 Å². The molecule has 0 aliphatic rings. The van der Waals surface area contributed by atoms with Crippen molar-refractivity contribution in [1.29, 1.82) is 0 Å². The molecule has 2 aromatic carbocycles. The quantitative estimate of drug-likeness (QED) is 0.609. The van der Waals surface area contributed by atoms with E-state index in [0.717, 1.165) is 11.1 Å². The summed E-state index contributed by atoms with van der Waals surface area (Å²) in [5.41, 5.74) is 4.13. The fraction of sp³-hybridized carbons (Fsp3) is 0.364. The van der Waals surface area contributed by atoms with Gasteiger partial charge >= 0.3 is 5.69 Å². The number of amides is 1. The van der Waals surface area contributed by atoms with Gasteiger partial charge in [0.1, 0.15) is 0 Å². The van der Waals surface area contributed by atoms with E-state index in [1.54, 1.807) is 16.7 Å². The minimum Gasteiger partial charge on any atom is -0.380 e. The molecule has 148 valence electrons. The molecular weight excluding hydrogens is 354 g/mol. The Balaban J connectivity index is 1.84. The summed E-state index contributed by atoms with van der Waals surface area (Å²) >= 11 is 0. The molecule has 0 radical (unpaired) electrons. The van der Waals surface area contributed by atoms with E-state index < -0.39 is 0 Å². The molecule has 0 aliphatic heterocycles. The van der Waals surface area contributed by atoms with Gasteiger partial charge in [-0.1, -0.05) is 24.3 Å². The lowest BCUT2D eigenvalue weighted by Gasteiger charge is -2.22. The number of rotatable bonds is 8. The number of aromatic nitrogens is 2. The van der Waals surface area contributed by atoms with Crippen molar-refractivity contribution in [3.8, 4) is 0 Å². The number of nitrogens with one attached hydrogen (secondary N) is 1. The molecule has 3 aromatic rings. The molecule has 0 unspecified atom stereocenters. The molecule has 28 heavy (non-hydrogen) atoms. The number of imidazole rings is 1. The first-order valence-electron chi connectivity index (χ1n) is 9.69. The van der Waals surface area contributed by atoms with E-state index in [0.29, 0.717) is 43.9 Å². The Morgan fingerprint density at radius 3 is 2.68 bits per heavy atom. The second-order valence-corrected chi connectivity index (χ2v) is 6.76. The lowest BCUT2D eigenvalue weighted by Crippen LogP contribution is -2.30. The summed E-state index contributed by atoms with van der Waals surface area (Å²) in [6.07, 6.45) is 0. The van der Waals surface area contributed by atoms with E-state index in [-0.39, 0.29) is 11.6 Å². The minimum absolute atomic E-state index is 0.0458. The molecule has 1 N–H and O–H groups in total. The van der Waals surface area contributed by atoms with Gasteiger partial charge in [0.25, 0.3) is 5.91 Å². The summed E-state index contributed by atoms with van der Waals surface area (Å²) in [6.45, 7) is 8.69. The molecule has 1 heterocycles. The number of aromatic amines is 1. The number of H-pyrrole nitrogens is 1. The van der Waals surface area contributed by atoms with Gasteiger partial charge in [0, 0.05) is 25.3 Å². The van der Waals surface area contributed by atoms with Gasteiger partial charge in [0.15, 0.2) is 0 Å². The number of carbonyl (C=O) groups is 1. The highest BCUT2D eigenvalue weighted by Gasteiger charge is 2.17. The van der Waals surface area contributed by atoms with Crippen molar-refractivity contribution in [2.24, 2.45) is 0 Å². The molecule has 0 saturated heterocycles. The van der Waals surface area contributed by atoms with E-state index in [4.69, 9.17) is 4.74 Å². The summed E-state index contributed by atoms with van der Waals surface area (Å²) in [4.78, 5) is 29.9. The Hall–Kier alpha value is -2.86. The normalized spacial score (nSPS) is 11.1. The van der Waals surface area contributed by atoms with Gasteiger partial charge in [0.05, 0.1) is 24.2 Å². The summed E-state index contributed by atoms with van der Waals surface area (Å²) < 4.78 is 6.99.